The molecule has 0 saturated carbocycles. The Morgan fingerprint density at radius 3 is 1.80 bits per heavy atom. The smallest absolute Gasteiger partial charge is 0.116 e. The summed E-state index contributed by atoms with van der Waals surface area (Å²) in [5.41, 5.74) is 0.273. The molecule has 1 aliphatic heterocycles. The maximum atomic E-state index is 5.94. The Hall–Kier alpha value is -0.0800. The molecule has 0 bridgehead atoms. The van der Waals surface area contributed by atoms with Crippen molar-refractivity contribution in [3.8, 4) is 0 Å². The summed E-state index contributed by atoms with van der Waals surface area (Å²) < 4.78 is 5.94. The third-order valence-electron chi connectivity index (χ3n) is 3.21. The van der Waals surface area contributed by atoms with Gasteiger partial charge in [-0.1, -0.05) is 20.8 Å². The topological polar surface area (TPSA) is 12.5 Å². The van der Waals surface area contributed by atoms with E-state index in [9.17, 15) is 0 Å². The van der Waals surface area contributed by atoms with E-state index in [2.05, 4.69) is 60.3 Å². The minimum Gasteiger partial charge on any atom is -0.359 e. The van der Waals surface area contributed by atoms with E-state index in [1.807, 2.05) is 0 Å². The maximum absolute atomic E-state index is 5.94. The van der Waals surface area contributed by atoms with E-state index in [4.69, 9.17) is 4.74 Å². The lowest BCUT2D eigenvalue weighted by atomic mass is 9.83. The summed E-state index contributed by atoms with van der Waals surface area (Å²) >= 11 is 0. The van der Waals surface area contributed by atoms with E-state index in [0.29, 0.717) is 6.04 Å². The van der Waals surface area contributed by atoms with Crippen molar-refractivity contribution in [1.82, 2.24) is 4.90 Å². The molecule has 2 nitrogen and oxygen atoms in total. The first-order chi connectivity index (χ1) is 6.46. The SMILES string of the molecule is CC(C)(C)[C@H]1COC(C)(C)N1C(C)(C)C. The van der Waals surface area contributed by atoms with Crippen LogP contribution in [-0.4, -0.2) is 28.8 Å². The average molecular weight is 213 g/mol. The number of rotatable bonds is 0. The van der Waals surface area contributed by atoms with Crippen molar-refractivity contribution in [1.29, 1.82) is 0 Å². The Morgan fingerprint density at radius 2 is 1.53 bits per heavy atom. The summed E-state index contributed by atoms with van der Waals surface area (Å²) in [4.78, 5) is 2.51. The number of nitrogens with zero attached hydrogens (tertiary/aromatic N) is 1. The highest BCUT2D eigenvalue weighted by Crippen LogP contribution is 2.41. The van der Waals surface area contributed by atoms with Crippen LogP contribution < -0.4 is 0 Å². The van der Waals surface area contributed by atoms with E-state index < -0.39 is 0 Å². The van der Waals surface area contributed by atoms with Crippen molar-refractivity contribution >= 4 is 0 Å². The van der Waals surface area contributed by atoms with E-state index in [1.54, 1.807) is 0 Å². The van der Waals surface area contributed by atoms with E-state index in [0.717, 1.165) is 6.61 Å². The molecule has 1 heterocycles. The average Bonchev–Trinajstić information content (AvgIpc) is 2.21. The number of hydrogen-bond acceptors (Lipinski definition) is 2. The second kappa shape index (κ2) is 3.46. The van der Waals surface area contributed by atoms with Gasteiger partial charge in [0.05, 0.1) is 6.61 Å². The molecule has 2 heteroatoms. The van der Waals surface area contributed by atoms with Gasteiger partial charge in [0.1, 0.15) is 5.72 Å². The van der Waals surface area contributed by atoms with Gasteiger partial charge in [0, 0.05) is 11.6 Å². The molecular formula is C13H27NO. The van der Waals surface area contributed by atoms with Crippen LogP contribution in [0.5, 0.6) is 0 Å². The minimum absolute atomic E-state index is 0.143. The fourth-order valence-corrected chi connectivity index (χ4v) is 2.71. The van der Waals surface area contributed by atoms with Crippen LogP contribution in [-0.2, 0) is 4.74 Å². The molecule has 0 aliphatic carbocycles. The summed E-state index contributed by atoms with van der Waals surface area (Å²) in [6.07, 6.45) is 0. The molecule has 0 aromatic rings. The molecule has 0 radical (unpaired) electrons. The summed E-state index contributed by atoms with van der Waals surface area (Å²) in [6.45, 7) is 18.9. The normalized spacial score (nSPS) is 28.4. The van der Waals surface area contributed by atoms with Crippen LogP contribution in [0.1, 0.15) is 55.4 Å². The van der Waals surface area contributed by atoms with Gasteiger partial charge in [-0.3, -0.25) is 4.90 Å². The Morgan fingerprint density at radius 1 is 1.07 bits per heavy atom. The number of hydrogen-bond donors (Lipinski definition) is 0. The third kappa shape index (κ3) is 2.54. The molecule has 1 aliphatic rings. The first-order valence-corrected chi connectivity index (χ1v) is 5.90. The van der Waals surface area contributed by atoms with E-state index >= 15 is 0 Å². The van der Waals surface area contributed by atoms with Gasteiger partial charge in [0.15, 0.2) is 0 Å². The summed E-state index contributed by atoms with van der Waals surface area (Å²) in [5, 5.41) is 0. The lowest BCUT2D eigenvalue weighted by molar-refractivity contribution is -0.0989. The van der Waals surface area contributed by atoms with Crippen molar-refractivity contribution < 1.29 is 4.74 Å². The molecule has 0 N–H and O–H groups in total. The van der Waals surface area contributed by atoms with Gasteiger partial charge in [-0.15, -0.1) is 0 Å². The maximum Gasteiger partial charge on any atom is 0.116 e. The predicted octanol–water partition coefficient (Wildman–Crippen LogP) is 3.27. The second-order valence-electron chi connectivity index (χ2n) is 7.18. The zero-order valence-corrected chi connectivity index (χ0v) is 11.6. The largest absolute Gasteiger partial charge is 0.359 e. The molecule has 0 aromatic heterocycles. The standard InChI is InChI=1S/C13H27NO/c1-11(2,3)10-9-15-13(7,8)14(10)12(4,5)6/h10H,9H2,1-8H3/t10-/m1/s1. The first kappa shape index (κ1) is 13.0. The predicted molar refractivity (Wildman–Crippen MR) is 64.9 cm³/mol. The van der Waals surface area contributed by atoms with Gasteiger partial charge in [0.25, 0.3) is 0 Å². The Kier molecular flexibility index (Phi) is 2.99. The zero-order valence-electron chi connectivity index (χ0n) is 11.6. The molecule has 1 rings (SSSR count). The van der Waals surface area contributed by atoms with Crippen molar-refractivity contribution in [3.05, 3.63) is 0 Å². The third-order valence-corrected chi connectivity index (χ3v) is 3.21. The molecule has 1 fully saturated rings. The summed E-state index contributed by atoms with van der Waals surface area (Å²) in [6, 6.07) is 0.493. The molecule has 0 amide bonds. The molecule has 90 valence electrons. The summed E-state index contributed by atoms with van der Waals surface area (Å²) in [7, 11) is 0. The molecule has 0 aromatic carbocycles. The molecule has 1 atom stereocenters. The van der Waals surface area contributed by atoms with E-state index in [-0.39, 0.29) is 16.7 Å². The minimum atomic E-state index is -0.143. The van der Waals surface area contributed by atoms with Gasteiger partial charge in [0.2, 0.25) is 0 Å². The summed E-state index contributed by atoms with van der Waals surface area (Å²) in [5.74, 6) is 0. The van der Waals surface area contributed by atoms with Crippen LogP contribution in [0.3, 0.4) is 0 Å². The van der Waals surface area contributed by atoms with Crippen molar-refractivity contribution in [2.75, 3.05) is 6.61 Å². The molecule has 0 unspecified atom stereocenters. The Labute approximate surface area is 95.0 Å². The zero-order chi connectivity index (χ0) is 12.1. The highest BCUT2D eigenvalue weighted by molar-refractivity contribution is 4.98. The Bertz CT molecular complexity index is 232. The lowest BCUT2D eigenvalue weighted by Crippen LogP contribution is -2.57. The van der Waals surface area contributed by atoms with Crippen LogP contribution in [0.4, 0.5) is 0 Å². The van der Waals surface area contributed by atoms with Crippen LogP contribution in [0.25, 0.3) is 0 Å². The fraction of sp³-hybridized carbons (Fsp3) is 1.00. The highest BCUT2D eigenvalue weighted by Gasteiger charge is 2.49. The van der Waals surface area contributed by atoms with Gasteiger partial charge < -0.3 is 4.74 Å². The lowest BCUT2D eigenvalue weighted by Gasteiger charge is -2.47. The molecule has 0 spiro atoms. The second-order valence-corrected chi connectivity index (χ2v) is 7.18. The van der Waals surface area contributed by atoms with Crippen molar-refractivity contribution in [2.45, 2.75) is 72.7 Å². The molecular weight excluding hydrogens is 186 g/mol. The van der Waals surface area contributed by atoms with Crippen LogP contribution in [0, 0.1) is 5.41 Å². The monoisotopic (exact) mass is 213 g/mol. The van der Waals surface area contributed by atoms with E-state index in [1.165, 1.54) is 0 Å². The van der Waals surface area contributed by atoms with Gasteiger partial charge in [-0.25, -0.2) is 0 Å². The molecule has 1 saturated heterocycles. The quantitative estimate of drug-likeness (QED) is 0.612. The fourth-order valence-electron chi connectivity index (χ4n) is 2.71. The van der Waals surface area contributed by atoms with Crippen LogP contribution in [0.2, 0.25) is 0 Å². The van der Waals surface area contributed by atoms with Crippen molar-refractivity contribution in [2.24, 2.45) is 5.41 Å². The van der Waals surface area contributed by atoms with Crippen LogP contribution >= 0.6 is 0 Å². The molecule has 15 heavy (non-hydrogen) atoms. The first-order valence-electron chi connectivity index (χ1n) is 5.90. The van der Waals surface area contributed by atoms with Gasteiger partial charge in [-0.2, -0.15) is 0 Å². The van der Waals surface area contributed by atoms with Gasteiger partial charge >= 0.3 is 0 Å². The number of ether oxygens (including phenoxy) is 1. The van der Waals surface area contributed by atoms with Gasteiger partial charge in [-0.05, 0) is 40.0 Å². The Balaban J connectivity index is 3.03. The highest BCUT2D eigenvalue weighted by atomic mass is 16.5. The van der Waals surface area contributed by atoms with Crippen molar-refractivity contribution in [3.63, 3.8) is 0 Å². The van der Waals surface area contributed by atoms with Crippen LogP contribution in [0.15, 0.2) is 0 Å².